The Kier molecular flexibility index (Phi) is 2.40. The Morgan fingerprint density at radius 1 is 1.64 bits per heavy atom. The molecule has 0 fully saturated rings. The van der Waals surface area contributed by atoms with E-state index in [0.717, 1.165) is 49.7 Å². The fourth-order valence-electron chi connectivity index (χ4n) is 1.83. The number of rotatable bonds is 2. The number of nitriles is 1. The Balaban J connectivity index is 2.42. The lowest BCUT2D eigenvalue weighted by Gasteiger charge is -2.15. The van der Waals surface area contributed by atoms with Gasteiger partial charge >= 0.3 is 0 Å². The third-order valence-electron chi connectivity index (χ3n) is 2.47. The van der Waals surface area contributed by atoms with Gasteiger partial charge in [-0.3, -0.25) is 0 Å². The Bertz CT molecular complexity index is 372. The average molecular weight is 190 g/mol. The van der Waals surface area contributed by atoms with Crippen LogP contribution in [-0.4, -0.2) is 16.1 Å². The number of nitrogens with zero attached hydrogens (tertiary/aromatic N) is 3. The first-order valence-corrected chi connectivity index (χ1v) is 5.10. The van der Waals surface area contributed by atoms with Crippen molar-refractivity contribution < 1.29 is 0 Å². The van der Waals surface area contributed by atoms with E-state index in [0.29, 0.717) is 0 Å². The summed E-state index contributed by atoms with van der Waals surface area (Å²) in [5.41, 5.74) is 1.69. The molecular formula is C10H14N4. The first-order chi connectivity index (χ1) is 6.86. The highest BCUT2D eigenvalue weighted by molar-refractivity contribution is 5.41. The zero-order valence-corrected chi connectivity index (χ0v) is 8.38. The standard InChI is InChI=1S/C10H14N4/c1-2-4-8-9(7-11)14-6-3-5-12-10(14)13-8/h2-6H2,1H3,(H,12,13). The molecule has 0 saturated carbocycles. The monoisotopic (exact) mass is 190 g/mol. The summed E-state index contributed by atoms with van der Waals surface area (Å²) in [4.78, 5) is 4.44. The second-order valence-electron chi connectivity index (χ2n) is 3.52. The molecule has 0 aliphatic carbocycles. The van der Waals surface area contributed by atoms with Crippen LogP contribution >= 0.6 is 0 Å². The zero-order chi connectivity index (χ0) is 9.97. The van der Waals surface area contributed by atoms with Gasteiger partial charge in [0.05, 0.1) is 5.69 Å². The lowest BCUT2D eigenvalue weighted by atomic mass is 10.2. The van der Waals surface area contributed by atoms with Crippen LogP contribution in [-0.2, 0) is 13.0 Å². The highest BCUT2D eigenvalue weighted by atomic mass is 15.2. The van der Waals surface area contributed by atoms with Crippen LogP contribution in [0, 0.1) is 11.3 Å². The van der Waals surface area contributed by atoms with E-state index in [9.17, 15) is 0 Å². The van der Waals surface area contributed by atoms with Gasteiger partial charge in [0.25, 0.3) is 0 Å². The second-order valence-corrected chi connectivity index (χ2v) is 3.52. The van der Waals surface area contributed by atoms with Crippen LogP contribution in [0.15, 0.2) is 0 Å². The van der Waals surface area contributed by atoms with Crippen molar-refractivity contribution in [2.45, 2.75) is 32.7 Å². The van der Waals surface area contributed by atoms with E-state index in [-0.39, 0.29) is 0 Å². The molecule has 2 heterocycles. The Morgan fingerprint density at radius 3 is 3.21 bits per heavy atom. The molecule has 0 atom stereocenters. The zero-order valence-electron chi connectivity index (χ0n) is 8.38. The van der Waals surface area contributed by atoms with Gasteiger partial charge in [-0.25, -0.2) is 4.98 Å². The van der Waals surface area contributed by atoms with Gasteiger partial charge in [-0.15, -0.1) is 0 Å². The SMILES string of the molecule is CCCc1nc2n(c1C#N)CCCN2. The molecule has 4 heteroatoms. The predicted molar refractivity (Wildman–Crippen MR) is 54.0 cm³/mol. The first kappa shape index (κ1) is 9.07. The molecule has 1 aliphatic heterocycles. The van der Waals surface area contributed by atoms with E-state index in [1.807, 2.05) is 4.57 Å². The molecular weight excluding hydrogens is 176 g/mol. The lowest BCUT2D eigenvalue weighted by molar-refractivity contribution is 0.621. The Labute approximate surface area is 83.6 Å². The highest BCUT2D eigenvalue weighted by Crippen LogP contribution is 2.20. The van der Waals surface area contributed by atoms with Gasteiger partial charge in [0.15, 0.2) is 0 Å². The smallest absolute Gasteiger partial charge is 0.204 e. The molecule has 0 saturated heterocycles. The molecule has 1 N–H and O–H groups in total. The van der Waals surface area contributed by atoms with Gasteiger partial charge in [-0.05, 0) is 12.8 Å². The normalized spacial score (nSPS) is 14.3. The molecule has 0 aromatic carbocycles. The summed E-state index contributed by atoms with van der Waals surface area (Å²) in [6, 6.07) is 2.25. The molecule has 0 radical (unpaired) electrons. The van der Waals surface area contributed by atoms with E-state index in [4.69, 9.17) is 5.26 Å². The number of nitrogens with one attached hydrogen (secondary N) is 1. The van der Waals surface area contributed by atoms with Gasteiger partial charge in [0.2, 0.25) is 5.95 Å². The van der Waals surface area contributed by atoms with E-state index >= 15 is 0 Å². The number of imidazole rings is 1. The van der Waals surface area contributed by atoms with Crippen LogP contribution in [0.25, 0.3) is 0 Å². The summed E-state index contributed by atoms with van der Waals surface area (Å²) in [5, 5.41) is 12.3. The largest absolute Gasteiger partial charge is 0.356 e. The van der Waals surface area contributed by atoms with Crippen molar-refractivity contribution in [3.8, 4) is 6.07 Å². The number of aryl methyl sites for hydroxylation is 1. The van der Waals surface area contributed by atoms with Gasteiger partial charge in [-0.2, -0.15) is 5.26 Å². The van der Waals surface area contributed by atoms with Crippen molar-refractivity contribution in [1.29, 1.82) is 5.26 Å². The number of hydrogen-bond acceptors (Lipinski definition) is 3. The summed E-state index contributed by atoms with van der Waals surface area (Å²) in [6.45, 7) is 3.99. The second kappa shape index (κ2) is 3.70. The van der Waals surface area contributed by atoms with Crippen LogP contribution in [0.1, 0.15) is 31.2 Å². The van der Waals surface area contributed by atoms with Crippen LogP contribution in [0.2, 0.25) is 0 Å². The summed E-state index contributed by atoms with van der Waals surface area (Å²) >= 11 is 0. The molecule has 4 nitrogen and oxygen atoms in total. The van der Waals surface area contributed by atoms with Crippen molar-refractivity contribution in [3.63, 3.8) is 0 Å². The molecule has 1 aromatic heterocycles. The minimum atomic E-state index is 0.744. The maximum atomic E-state index is 9.05. The van der Waals surface area contributed by atoms with Gasteiger partial charge < -0.3 is 9.88 Å². The molecule has 1 aliphatic rings. The third-order valence-corrected chi connectivity index (χ3v) is 2.47. The number of hydrogen-bond donors (Lipinski definition) is 1. The maximum absolute atomic E-state index is 9.05. The summed E-state index contributed by atoms with van der Waals surface area (Å²) in [6.07, 6.45) is 3.00. The van der Waals surface area contributed by atoms with Gasteiger partial charge in [-0.1, -0.05) is 13.3 Å². The Morgan fingerprint density at radius 2 is 2.50 bits per heavy atom. The van der Waals surface area contributed by atoms with Gasteiger partial charge in [0, 0.05) is 13.1 Å². The molecule has 14 heavy (non-hydrogen) atoms. The predicted octanol–water partition coefficient (Wildman–Crippen LogP) is 1.52. The van der Waals surface area contributed by atoms with Crippen molar-refractivity contribution in [2.75, 3.05) is 11.9 Å². The summed E-state index contributed by atoms with van der Waals surface area (Å²) < 4.78 is 1.99. The summed E-state index contributed by atoms with van der Waals surface area (Å²) in [5.74, 6) is 0.872. The fourth-order valence-corrected chi connectivity index (χ4v) is 1.83. The summed E-state index contributed by atoms with van der Waals surface area (Å²) in [7, 11) is 0. The quantitative estimate of drug-likeness (QED) is 0.769. The minimum Gasteiger partial charge on any atom is -0.356 e. The lowest BCUT2D eigenvalue weighted by Crippen LogP contribution is -2.18. The number of fused-ring (bicyclic) bond motifs is 1. The van der Waals surface area contributed by atoms with E-state index in [1.54, 1.807) is 0 Å². The third kappa shape index (κ3) is 1.35. The Hall–Kier alpha value is -1.50. The molecule has 0 unspecified atom stereocenters. The van der Waals surface area contributed by atoms with E-state index in [1.165, 1.54) is 0 Å². The average Bonchev–Trinajstić information content (AvgIpc) is 2.55. The topological polar surface area (TPSA) is 53.6 Å². The van der Waals surface area contributed by atoms with Crippen LogP contribution in [0.4, 0.5) is 5.95 Å². The van der Waals surface area contributed by atoms with Crippen molar-refractivity contribution in [2.24, 2.45) is 0 Å². The van der Waals surface area contributed by atoms with E-state index < -0.39 is 0 Å². The molecule has 0 spiro atoms. The molecule has 1 aromatic rings. The number of aromatic nitrogens is 2. The fraction of sp³-hybridized carbons (Fsp3) is 0.600. The minimum absolute atomic E-state index is 0.744. The first-order valence-electron chi connectivity index (χ1n) is 5.10. The molecule has 0 amide bonds. The molecule has 0 bridgehead atoms. The van der Waals surface area contributed by atoms with Crippen molar-refractivity contribution in [1.82, 2.24) is 9.55 Å². The van der Waals surface area contributed by atoms with Crippen molar-refractivity contribution >= 4 is 5.95 Å². The van der Waals surface area contributed by atoms with Crippen LogP contribution in [0.5, 0.6) is 0 Å². The van der Waals surface area contributed by atoms with Gasteiger partial charge in [0.1, 0.15) is 11.8 Å². The van der Waals surface area contributed by atoms with Crippen molar-refractivity contribution in [3.05, 3.63) is 11.4 Å². The van der Waals surface area contributed by atoms with Crippen LogP contribution < -0.4 is 5.32 Å². The molecule has 74 valence electrons. The number of anilines is 1. The van der Waals surface area contributed by atoms with E-state index in [2.05, 4.69) is 23.3 Å². The molecule has 2 rings (SSSR count). The highest BCUT2D eigenvalue weighted by Gasteiger charge is 2.18. The van der Waals surface area contributed by atoms with Crippen LogP contribution in [0.3, 0.4) is 0 Å². The maximum Gasteiger partial charge on any atom is 0.204 e.